The summed E-state index contributed by atoms with van der Waals surface area (Å²) < 4.78 is 13.8. The second-order valence-electron chi connectivity index (χ2n) is 30.5. The molecule has 23 rings (SSSR count). The number of hydrogen-bond acceptors (Lipinski definition) is 8. The van der Waals surface area contributed by atoms with Crippen LogP contribution in [0.2, 0.25) is 0 Å². The molecule has 0 saturated carbocycles. The smallest absolute Gasteiger partial charge is 0.164 e. The zero-order chi connectivity index (χ0) is 74.5. The lowest BCUT2D eigenvalue weighted by Gasteiger charge is -2.39. The molecule has 1 atom stereocenters. The van der Waals surface area contributed by atoms with Crippen LogP contribution in [0.25, 0.3) is 135 Å². The average molecular weight is 1440 g/mol. The summed E-state index contributed by atoms with van der Waals surface area (Å²) in [5.74, 6) is 6.90. The molecule has 1 unspecified atom stereocenters. The highest BCUT2D eigenvalue weighted by Crippen LogP contribution is 2.66. The average Bonchev–Trinajstić information content (AvgIpc) is 1.55. The van der Waals surface area contributed by atoms with Gasteiger partial charge in [0, 0.05) is 61.0 Å². The van der Waals surface area contributed by atoms with E-state index in [1.54, 1.807) is 0 Å². The standard InChI is InChI=1S/C105H66N6O2/c1-103(63-64-26-23-35-73(58-64)100-107-97(66-28-5-2-6-29-66)108-101(109-100)74-54-56-77-76-55-52-71(70-51-50-65-27-11-12-34-69(65)59-70)60-88(76)105(89(77)62-74)84-42-17-21-48-93(84)113-94-49-22-18-43-85(94)105)81-39-14-13-36-78(81)95-75(37-24-44-86(95)103)72-53-57-79-90(61-72)104(82-40-15-19-46-91(82)112-92-47-20-16-41-83(92)104)87-45-25-38-80(96(79)87)102-110-98(67-30-7-3-8-31-67)106-99(111-102)68-32-9-4-10-33-68/h2-62H,63H2,1H3. The first-order valence-corrected chi connectivity index (χ1v) is 38.7. The first-order valence-electron chi connectivity index (χ1n) is 38.7. The molecule has 18 aromatic rings. The van der Waals surface area contributed by atoms with Gasteiger partial charge in [0.25, 0.3) is 0 Å². The van der Waals surface area contributed by atoms with E-state index in [-0.39, 0.29) is 0 Å². The Morgan fingerprint density at radius 3 is 1.15 bits per heavy atom. The van der Waals surface area contributed by atoms with Gasteiger partial charge in [-0.3, -0.25) is 0 Å². The number of para-hydroxylation sites is 4. The van der Waals surface area contributed by atoms with Crippen LogP contribution in [0.3, 0.4) is 0 Å². The molecule has 8 nitrogen and oxygen atoms in total. The first-order chi connectivity index (χ1) is 55.8. The molecule has 16 aromatic carbocycles. The Labute approximate surface area is 653 Å². The molecule has 8 heteroatoms. The van der Waals surface area contributed by atoms with Crippen molar-refractivity contribution in [2.75, 3.05) is 0 Å². The van der Waals surface area contributed by atoms with Crippen LogP contribution in [0.15, 0.2) is 370 Å². The number of benzene rings is 16. The summed E-state index contributed by atoms with van der Waals surface area (Å²) in [6.07, 6.45) is 0.703. The van der Waals surface area contributed by atoms with Crippen molar-refractivity contribution in [3.05, 3.63) is 431 Å². The van der Waals surface area contributed by atoms with Crippen molar-refractivity contribution in [2.24, 2.45) is 0 Å². The minimum atomic E-state index is -0.804. The maximum absolute atomic E-state index is 6.94. The van der Waals surface area contributed by atoms with Crippen molar-refractivity contribution in [3.63, 3.8) is 0 Å². The van der Waals surface area contributed by atoms with E-state index in [0.29, 0.717) is 41.4 Å². The van der Waals surface area contributed by atoms with Gasteiger partial charge in [-0.1, -0.05) is 322 Å². The molecule has 0 saturated heterocycles. The van der Waals surface area contributed by atoms with Crippen LogP contribution < -0.4 is 9.47 Å². The second kappa shape index (κ2) is 25.0. The third kappa shape index (κ3) is 9.69. The molecule has 2 aliphatic heterocycles. The fourth-order valence-electron chi connectivity index (χ4n) is 19.5. The fraction of sp³-hybridized carbons (Fsp3) is 0.0476. The van der Waals surface area contributed by atoms with Gasteiger partial charge in [0.2, 0.25) is 0 Å². The van der Waals surface area contributed by atoms with E-state index in [9.17, 15) is 0 Å². The molecule has 5 aliphatic rings. The van der Waals surface area contributed by atoms with E-state index in [1.807, 2.05) is 54.6 Å². The lowest BCUT2D eigenvalue weighted by Crippen LogP contribution is -2.32. The Kier molecular flexibility index (Phi) is 14.2. The monoisotopic (exact) mass is 1440 g/mol. The van der Waals surface area contributed by atoms with Gasteiger partial charge in [0.05, 0.1) is 10.8 Å². The molecule has 3 aliphatic carbocycles. The van der Waals surface area contributed by atoms with Gasteiger partial charge in [-0.25, -0.2) is 29.9 Å². The quantitative estimate of drug-likeness (QED) is 0.134. The Bertz CT molecular complexity index is 6870. The van der Waals surface area contributed by atoms with Crippen molar-refractivity contribution < 1.29 is 9.47 Å². The maximum atomic E-state index is 6.94. The van der Waals surface area contributed by atoms with Crippen LogP contribution in [0.4, 0.5) is 0 Å². The predicted molar refractivity (Wildman–Crippen MR) is 451 cm³/mol. The van der Waals surface area contributed by atoms with E-state index >= 15 is 0 Å². The number of fused-ring (bicyclic) bond motifs is 22. The van der Waals surface area contributed by atoms with E-state index in [0.717, 1.165) is 140 Å². The first kappa shape index (κ1) is 64.4. The topological polar surface area (TPSA) is 95.8 Å². The van der Waals surface area contributed by atoms with Crippen molar-refractivity contribution in [1.82, 2.24) is 29.9 Å². The van der Waals surface area contributed by atoms with Gasteiger partial charge >= 0.3 is 0 Å². The molecular formula is C105H66N6O2. The molecule has 113 heavy (non-hydrogen) atoms. The number of rotatable bonds is 10. The molecule has 0 fully saturated rings. The zero-order valence-electron chi connectivity index (χ0n) is 61.4. The van der Waals surface area contributed by atoms with Gasteiger partial charge in [-0.2, -0.15) is 0 Å². The van der Waals surface area contributed by atoms with E-state index in [4.69, 9.17) is 39.4 Å². The molecule has 4 heterocycles. The summed E-state index contributed by atoms with van der Waals surface area (Å²) in [6.45, 7) is 2.43. The van der Waals surface area contributed by atoms with Crippen LogP contribution >= 0.6 is 0 Å². The molecule has 2 aromatic heterocycles. The molecule has 0 N–H and O–H groups in total. The Hall–Kier alpha value is -14.6. The van der Waals surface area contributed by atoms with E-state index in [2.05, 4.69) is 322 Å². The molecule has 0 amide bonds. The predicted octanol–water partition coefficient (Wildman–Crippen LogP) is 25.0. The molecule has 0 radical (unpaired) electrons. The largest absolute Gasteiger partial charge is 0.457 e. The van der Waals surface area contributed by atoms with Gasteiger partial charge in [0.1, 0.15) is 23.0 Å². The molecule has 0 bridgehead atoms. The van der Waals surface area contributed by atoms with Crippen LogP contribution in [-0.4, -0.2) is 29.9 Å². The molecule has 2 spiro atoms. The minimum Gasteiger partial charge on any atom is -0.457 e. The Morgan fingerprint density at radius 2 is 0.566 bits per heavy atom. The number of ether oxygens (including phenoxy) is 2. The van der Waals surface area contributed by atoms with Gasteiger partial charge in [0.15, 0.2) is 34.9 Å². The van der Waals surface area contributed by atoms with E-state index in [1.165, 1.54) is 44.2 Å². The number of hydrogen-bond donors (Lipinski definition) is 0. The highest BCUT2D eigenvalue weighted by molar-refractivity contribution is 6.00. The summed E-state index contributed by atoms with van der Waals surface area (Å²) >= 11 is 0. The van der Waals surface area contributed by atoms with Crippen molar-refractivity contribution in [1.29, 1.82) is 0 Å². The number of aromatic nitrogens is 6. The normalized spacial score (nSPS) is 14.8. The highest BCUT2D eigenvalue weighted by atomic mass is 16.5. The minimum absolute atomic E-state index is 0.459. The Morgan fingerprint density at radius 1 is 0.212 bits per heavy atom. The summed E-state index contributed by atoms with van der Waals surface area (Å²) in [5, 5.41) is 2.42. The SMILES string of the molecule is CC1(Cc2cccc(-c3nc(-c4ccccc4)nc(-c4ccc5c(c4)C4(c6ccccc6Oc6ccccc64)c4cc(-c6ccc7ccccc7c6)ccc4-5)n3)c2)c2ccccc2-c2c(-c3ccc4c(c3)C3(c5ccccc5Oc5ccccc53)c3cccc(-c5nc(-c6ccccc6)nc(-c6ccccc6)n5)c3-4)cccc21. The third-order valence-corrected chi connectivity index (χ3v) is 24.4. The lowest BCUT2D eigenvalue weighted by atomic mass is 9.65. The van der Waals surface area contributed by atoms with Crippen molar-refractivity contribution in [2.45, 2.75) is 29.6 Å². The summed E-state index contributed by atoms with van der Waals surface area (Å²) in [7, 11) is 0. The van der Waals surface area contributed by atoms with Crippen LogP contribution in [0.1, 0.15) is 68.1 Å². The lowest BCUT2D eigenvalue weighted by molar-refractivity contribution is 0.436. The second-order valence-corrected chi connectivity index (χ2v) is 30.5. The summed E-state index contributed by atoms with van der Waals surface area (Å²) in [4.78, 5) is 32.3. The third-order valence-electron chi connectivity index (χ3n) is 24.4. The summed E-state index contributed by atoms with van der Waals surface area (Å²) in [5.41, 5.74) is 27.7. The van der Waals surface area contributed by atoms with Crippen LogP contribution in [-0.2, 0) is 22.7 Å². The van der Waals surface area contributed by atoms with Crippen molar-refractivity contribution >= 4 is 10.8 Å². The summed E-state index contributed by atoms with van der Waals surface area (Å²) in [6, 6.07) is 133. The molecular weight excluding hydrogens is 1380 g/mol. The van der Waals surface area contributed by atoms with Gasteiger partial charge < -0.3 is 9.47 Å². The fourth-order valence-corrected chi connectivity index (χ4v) is 19.5. The van der Waals surface area contributed by atoms with Gasteiger partial charge in [-0.15, -0.1) is 0 Å². The number of nitrogens with zero attached hydrogens (tertiary/aromatic N) is 6. The zero-order valence-corrected chi connectivity index (χ0v) is 61.4. The van der Waals surface area contributed by atoms with Crippen LogP contribution in [0, 0.1) is 0 Å². The van der Waals surface area contributed by atoms with Gasteiger partial charge in [-0.05, 0) is 166 Å². The Balaban J connectivity index is 0.651. The maximum Gasteiger partial charge on any atom is 0.164 e. The highest BCUT2D eigenvalue weighted by Gasteiger charge is 2.54. The van der Waals surface area contributed by atoms with Crippen LogP contribution in [0.5, 0.6) is 23.0 Å². The van der Waals surface area contributed by atoms with Crippen molar-refractivity contribution in [3.8, 4) is 147 Å². The van der Waals surface area contributed by atoms with E-state index < -0.39 is 16.2 Å². The molecule has 528 valence electrons.